The number of anilines is 2. The van der Waals surface area contributed by atoms with Gasteiger partial charge in [-0.1, -0.05) is 17.7 Å². The quantitative estimate of drug-likeness (QED) is 0.781. The van der Waals surface area contributed by atoms with Crippen molar-refractivity contribution in [2.24, 2.45) is 0 Å². The highest BCUT2D eigenvalue weighted by atomic mass is 35.5. The van der Waals surface area contributed by atoms with Crippen LogP contribution in [-0.2, 0) is 19.1 Å². The minimum absolute atomic E-state index is 0.0547. The normalized spacial score (nSPS) is 14.2. The lowest BCUT2D eigenvalue weighted by Gasteiger charge is -2.26. The minimum Gasteiger partial charge on any atom is -0.465 e. The van der Waals surface area contributed by atoms with Gasteiger partial charge < -0.3 is 15.3 Å². The van der Waals surface area contributed by atoms with E-state index in [1.165, 1.54) is 4.90 Å². The summed E-state index contributed by atoms with van der Waals surface area (Å²) < 4.78 is 38.0. The van der Waals surface area contributed by atoms with Crippen molar-refractivity contribution in [3.8, 4) is 0 Å². The topological polar surface area (TPSA) is 78.4 Å². The van der Waals surface area contributed by atoms with Crippen LogP contribution >= 0.6 is 11.6 Å². The van der Waals surface area contributed by atoms with Crippen molar-refractivity contribution in [2.75, 3.05) is 11.9 Å². The van der Waals surface area contributed by atoms with Gasteiger partial charge in [0.2, 0.25) is 5.95 Å². The molecule has 0 aliphatic carbocycles. The second-order valence-electron chi connectivity index (χ2n) is 5.46. The van der Waals surface area contributed by atoms with Gasteiger partial charge in [-0.25, -0.2) is 14.8 Å². The van der Waals surface area contributed by atoms with Crippen LogP contribution in [0.4, 0.5) is 29.6 Å². The minimum atomic E-state index is -4.61. The molecule has 0 spiro atoms. The van der Waals surface area contributed by atoms with Gasteiger partial charge >= 0.3 is 12.3 Å². The number of alkyl halides is 3. The SMILES string of the molecule is O=C(O)N1CCc2cc(Nc3ncc(C(F)(F)F)c(Cl)n3)ccc2C1. The van der Waals surface area contributed by atoms with Gasteiger partial charge in [-0.05, 0) is 29.7 Å². The summed E-state index contributed by atoms with van der Waals surface area (Å²) in [5.74, 6) is -0.0547. The second kappa shape index (κ2) is 6.40. The average Bonchev–Trinajstić information content (AvgIpc) is 2.53. The van der Waals surface area contributed by atoms with Crippen molar-refractivity contribution in [3.63, 3.8) is 0 Å². The third-order valence-electron chi connectivity index (χ3n) is 3.79. The molecule has 1 aromatic carbocycles. The fourth-order valence-corrected chi connectivity index (χ4v) is 2.77. The van der Waals surface area contributed by atoms with Crippen LogP contribution in [0.3, 0.4) is 0 Å². The molecule has 2 N–H and O–H groups in total. The number of nitrogens with one attached hydrogen (secondary N) is 1. The number of benzene rings is 1. The molecular weight excluding hydrogens is 361 g/mol. The number of halogens is 4. The summed E-state index contributed by atoms with van der Waals surface area (Å²) >= 11 is 5.57. The number of aromatic nitrogens is 2. The van der Waals surface area contributed by atoms with Crippen molar-refractivity contribution in [3.05, 3.63) is 46.2 Å². The molecule has 0 bridgehead atoms. The molecule has 2 heterocycles. The predicted molar refractivity (Wildman–Crippen MR) is 83.9 cm³/mol. The Hall–Kier alpha value is -2.55. The first-order chi connectivity index (χ1) is 11.7. The standard InChI is InChI=1S/C15H12ClF3N4O2/c16-12-11(15(17,18)19)6-20-13(22-12)21-10-2-1-9-7-23(14(24)25)4-3-8(9)5-10/h1-2,5-6H,3-4,7H2,(H,24,25)(H,20,21,22). The van der Waals surface area contributed by atoms with E-state index in [1.807, 2.05) is 0 Å². The summed E-state index contributed by atoms with van der Waals surface area (Å²) in [6, 6.07) is 5.24. The molecular formula is C15H12ClF3N4O2. The largest absolute Gasteiger partial charge is 0.465 e. The van der Waals surface area contributed by atoms with Gasteiger partial charge in [-0.2, -0.15) is 13.2 Å². The van der Waals surface area contributed by atoms with E-state index in [9.17, 15) is 18.0 Å². The van der Waals surface area contributed by atoms with Crippen LogP contribution in [0.1, 0.15) is 16.7 Å². The number of nitrogens with zero attached hydrogens (tertiary/aromatic N) is 3. The van der Waals surface area contributed by atoms with Crippen LogP contribution < -0.4 is 5.32 Å². The molecule has 1 aliphatic rings. The first kappa shape index (κ1) is 17.3. The second-order valence-corrected chi connectivity index (χ2v) is 5.82. The molecule has 0 saturated heterocycles. The third kappa shape index (κ3) is 3.76. The van der Waals surface area contributed by atoms with Crippen molar-refractivity contribution < 1.29 is 23.1 Å². The lowest BCUT2D eigenvalue weighted by atomic mass is 9.99. The molecule has 2 aromatic rings. The number of hydrogen-bond donors (Lipinski definition) is 2. The van der Waals surface area contributed by atoms with Crippen LogP contribution in [0, 0.1) is 0 Å². The summed E-state index contributed by atoms with van der Waals surface area (Å²) in [6.45, 7) is 0.682. The zero-order chi connectivity index (χ0) is 18.2. The van der Waals surface area contributed by atoms with Crippen LogP contribution in [0.25, 0.3) is 0 Å². The van der Waals surface area contributed by atoms with E-state index in [2.05, 4.69) is 15.3 Å². The Morgan fingerprint density at radius 2 is 2.08 bits per heavy atom. The Bertz CT molecular complexity index is 829. The highest BCUT2D eigenvalue weighted by Gasteiger charge is 2.34. The van der Waals surface area contributed by atoms with Crippen LogP contribution in [-0.4, -0.2) is 32.6 Å². The van der Waals surface area contributed by atoms with Gasteiger partial charge in [0, 0.05) is 25.0 Å². The summed E-state index contributed by atoms with van der Waals surface area (Å²) in [7, 11) is 0. The number of fused-ring (bicyclic) bond motifs is 1. The smallest absolute Gasteiger partial charge is 0.420 e. The molecule has 1 amide bonds. The zero-order valence-corrected chi connectivity index (χ0v) is 13.4. The third-order valence-corrected chi connectivity index (χ3v) is 4.08. The molecule has 0 atom stereocenters. The molecule has 25 heavy (non-hydrogen) atoms. The van der Waals surface area contributed by atoms with Gasteiger partial charge in [-0.3, -0.25) is 0 Å². The van der Waals surface area contributed by atoms with Gasteiger partial charge in [0.1, 0.15) is 10.7 Å². The number of amides is 1. The lowest BCUT2D eigenvalue weighted by Crippen LogP contribution is -2.34. The van der Waals surface area contributed by atoms with Gasteiger partial charge in [0.15, 0.2) is 0 Å². The average molecular weight is 373 g/mol. The number of carboxylic acid groups (broad SMARTS) is 1. The Balaban J connectivity index is 1.79. The Morgan fingerprint density at radius 1 is 1.32 bits per heavy atom. The molecule has 1 aliphatic heterocycles. The lowest BCUT2D eigenvalue weighted by molar-refractivity contribution is -0.137. The van der Waals surface area contributed by atoms with Crippen molar-refractivity contribution in [1.82, 2.24) is 14.9 Å². The molecule has 10 heteroatoms. The van der Waals surface area contributed by atoms with E-state index in [0.29, 0.717) is 31.4 Å². The van der Waals surface area contributed by atoms with E-state index in [1.54, 1.807) is 18.2 Å². The maximum absolute atomic E-state index is 12.7. The van der Waals surface area contributed by atoms with Crippen molar-refractivity contribution in [1.29, 1.82) is 0 Å². The first-order valence-corrected chi connectivity index (χ1v) is 7.58. The maximum Gasteiger partial charge on any atom is 0.420 e. The molecule has 1 aromatic heterocycles. The fraction of sp³-hybridized carbons (Fsp3) is 0.267. The molecule has 3 rings (SSSR count). The zero-order valence-electron chi connectivity index (χ0n) is 12.6. The summed E-state index contributed by atoms with van der Waals surface area (Å²) in [4.78, 5) is 19.6. The van der Waals surface area contributed by atoms with Crippen LogP contribution in [0.15, 0.2) is 24.4 Å². The summed E-state index contributed by atoms with van der Waals surface area (Å²) in [5.41, 5.74) is 1.32. The number of carbonyl (C=O) groups is 1. The van der Waals surface area contributed by atoms with E-state index < -0.39 is 23.0 Å². The first-order valence-electron chi connectivity index (χ1n) is 7.20. The molecule has 0 unspecified atom stereocenters. The number of rotatable bonds is 2. The molecule has 132 valence electrons. The summed E-state index contributed by atoms with van der Waals surface area (Å²) in [5, 5.41) is 11.1. The number of hydrogen-bond acceptors (Lipinski definition) is 4. The van der Waals surface area contributed by atoms with E-state index in [-0.39, 0.29) is 5.95 Å². The predicted octanol–water partition coefficient (Wildman–Crippen LogP) is 3.93. The highest BCUT2D eigenvalue weighted by Crippen LogP contribution is 2.33. The van der Waals surface area contributed by atoms with E-state index in [4.69, 9.17) is 16.7 Å². The van der Waals surface area contributed by atoms with Gasteiger partial charge in [-0.15, -0.1) is 0 Å². The fourth-order valence-electron chi connectivity index (χ4n) is 2.53. The maximum atomic E-state index is 12.7. The Morgan fingerprint density at radius 3 is 2.72 bits per heavy atom. The van der Waals surface area contributed by atoms with Crippen LogP contribution in [0.5, 0.6) is 0 Å². The van der Waals surface area contributed by atoms with E-state index in [0.717, 1.165) is 11.1 Å². The Kier molecular flexibility index (Phi) is 4.42. The van der Waals surface area contributed by atoms with Gasteiger partial charge in [0.25, 0.3) is 0 Å². The Labute approximate surface area is 145 Å². The van der Waals surface area contributed by atoms with Crippen molar-refractivity contribution >= 4 is 29.3 Å². The molecule has 6 nitrogen and oxygen atoms in total. The van der Waals surface area contributed by atoms with Crippen molar-refractivity contribution in [2.45, 2.75) is 19.1 Å². The summed E-state index contributed by atoms with van der Waals surface area (Å²) in [6.07, 6.45) is -4.41. The van der Waals surface area contributed by atoms with Gasteiger partial charge in [0.05, 0.1) is 0 Å². The molecule has 0 saturated carbocycles. The highest BCUT2D eigenvalue weighted by molar-refractivity contribution is 6.30. The monoisotopic (exact) mass is 372 g/mol. The molecule has 0 fully saturated rings. The van der Waals surface area contributed by atoms with Crippen LogP contribution in [0.2, 0.25) is 5.15 Å². The molecule has 0 radical (unpaired) electrons. The van der Waals surface area contributed by atoms with E-state index >= 15 is 0 Å².